The van der Waals surface area contributed by atoms with Gasteiger partial charge in [-0.05, 0) is 18.6 Å². The topological polar surface area (TPSA) is 76.6 Å². The van der Waals surface area contributed by atoms with Crippen LogP contribution in [0.4, 0.5) is 0 Å². The Balaban J connectivity index is 2.21. The molecule has 1 aliphatic heterocycles. The number of nitrogens with zero attached hydrogens (tertiary/aromatic N) is 2. The number of pyridine rings is 1. The van der Waals surface area contributed by atoms with Crippen LogP contribution in [0.5, 0.6) is 0 Å². The number of hydrogen-bond acceptors (Lipinski definition) is 5. The first-order valence-electron chi connectivity index (χ1n) is 6.56. The monoisotopic (exact) mass is 332 g/mol. The lowest BCUT2D eigenvalue weighted by Crippen LogP contribution is -2.43. The third-order valence-electron chi connectivity index (χ3n) is 3.38. The van der Waals surface area contributed by atoms with Crippen LogP contribution in [0, 0.1) is 0 Å². The van der Waals surface area contributed by atoms with Crippen molar-refractivity contribution in [2.45, 2.75) is 12.5 Å². The molecule has 0 aliphatic carbocycles. The van der Waals surface area contributed by atoms with Gasteiger partial charge in [-0.25, -0.2) is 13.4 Å². The normalized spacial score (nSPS) is 20.4. The van der Waals surface area contributed by atoms with E-state index in [4.69, 9.17) is 16.3 Å². The standard InChI is InChI=1S/C13H17ClN2O4S/c1-20-7-6-16(10-5-8-21(18,19)9-10)13(17)11-3-2-4-12(14)15-11/h2-4,10H,5-9H2,1H3. The molecule has 0 aromatic carbocycles. The number of halogens is 1. The van der Waals surface area contributed by atoms with Crippen LogP contribution in [0.25, 0.3) is 0 Å². The molecular formula is C13H17ClN2O4S. The van der Waals surface area contributed by atoms with E-state index in [1.54, 1.807) is 18.2 Å². The molecule has 1 amide bonds. The largest absolute Gasteiger partial charge is 0.383 e. The minimum Gasteiger partial charge on any atom is -0.383 e. The molecular weight excluding hydrogens is 316 g/mol. The smallest absolute Gasteiger partial charge is 0.272 e. The SMILES string of the molecule is COCCN(C(=O)c1cccc(Cl)n1)C1CCS(=O)(=O)C1. The molecule has 116 valence electrons. The van der Waals surface area contributed by atoms with Crippen molar-refractivity contribution >= 4 is 27.3 Å². The fourth-order valence-corrected chi connectivity index (χ4v) is 4.23. The van der Waals surface area contributed by atoms with Gasteiger partial charge in [-0.3, -0.25) is 4.79 Å². The molecule has 2 rings (SSSR count). The summed E-state index contributed by atoms with van der Waals surface area (Å²) in [5, 5.41) is 0.228. The summed E-state index contributed by atoms with van der Waals surface area (Å²) in [7, 11) is -1.54. The van der Waals surface area contributed by atoms with Gasteiger partial charge in [0.25, 0.3) is 5.91 Å². The Bertz CT molecular complexity index is 620. The van der Waals surface area contributed by atoms with Crippen LogP contribution in [0.15, 0.2) is 18.2 Å². The predicted octanol–water partition coefficient (Wildman–Crippen LogP) is 1.01. The molecule has 1 saturated heterocycles. The number of rotatable bonds is 5. The Morgan fingerprint density at radius 1 is 1.52 bits per heavy atom. The molecule has 1 aromatic rings. The van der Waals surface area contributed by atoms with Crippen molar-refractivity contribution in [2.24, 2.45) is 0 Å². The minimum absolute atomic E-state index is 0.0109. The van der Waals surface area contributed by atoms with E-state index in [0.29, 0.717) is 19.6 Å². The maximum atomic E-state index is 12.6. The van der Waals surface area contributed by atoms with E-state index in [2.05, 4.69) is 4.98 Å². The fourth-order valence-electron chi connectivity index (χ4n) is 2.34. The number of carbonyl (C=O) groups excluding carboxylic acids is 1. The van der Waals surface area contributed by atoms with Crippen LogP contribution in [0.2, 0.25) is 5.15 Å². The minimum atomic E-state index is -3.07. The molecule has 0 N–H and O–H groups in total. The van der Waals surface area contributed by atoms with Gasteiger partial charge in [0.2, 0.25) is 0 Å². The van der Waals surface area contributed by atoms with Crippen molar-refractivity contribution in [3.05, 3.63) is 29.0 Å². The summed E-state index contributed by atoms with van der Waals surface area (Å²) in [6, 6.07) is 4.45. The van der Waals surface area contributed by atoms with E-state index in [1.807, 2.05) is 0 Å². The molecule has 0 radical (unpaired) electrons. The average Bonchev–Trinajstić information content (AvgIpc) is 2.79. The molecule has 2 heterocycles. The Kier molecular flexibility index (Phi) is 5.18. The van der Waals surface area contributed by atoms with Crippen molar-refractivity contribution in [3.8, 4) is 0 Å². The summed E-state index contributed by atoms with van der Waals surface area (Å²) in [5.74, 6) is -0.225. The first-order valence-corrected chi connectivity index (χ1v) is 8.76. The number of amides is 1. The highest BCUT2D eigenvalue weighted by Crippen LogP contribution is 2.20. The summed E-state index contributed by atoms with van der Waals surface area (Å²) in [5.41, 5.74) is 0.211. The molecule has 1 aliphatic rings. The van der Waals surface area contributed by atoms with Gasteiger partial charge in [-0.1, -0.05) is 17.7 Å². The third-order valence-corrected chi connectivity index (χ3v) is 5.34. The second-order valence-corrected chi connectivity index (χ2v) is 7.51. The summed E-state index contributed by atoms with van der Waals surface area (Å²) in [6.07, 6.45) is 0.443. The van der Waals surface area contributed by atoms with Crippen molar-refractivity contribution < 1.29 is 17.9 Å². The van der Waals surface area contributed by atoms with Crippen LogP contribution in [-0.2, 0) is 14.6 Å². The van der Waals surface area contributed by atoms with E-state index in [9.17, 15) is 13.2 Å². The van der Waals surface area contributed by atoms with E-state index in [0.717, 1.165) is 0 Å². The van der Waals surface area contributed by atoms with Crippen LogP contribution >= 0.6 is 11.6 Å². The van der Waals surface area contributed by atoms with Crippen molar-refractivity contribution in [1.29, 1.82) is 0 Å². The first-order chi connectivity index (χ1) is 9.93. The lowest BCUT2D eigenvalue weighted by molar-refractivity contribution is 0.0618. The average molecular weight is 333 g/mol. The maximum Gasteiger partial charge on any atom is 0.272 e. The van der Waals surface area contributed by atoms with E-state index >= 15 is 0 Å². The Morgan fingerprint density at radius 3 is 2.86 bits per heavy atom. The predicted molar refractivity (Wildman–Crippen MR) is 79.2 cm³/mol. The summed E-state index contributed by atoms with van der Waals surface area (Å²) in [6.45, 7) is 0.659. The van der Waals surface area contributed by atoms with Gasteiger partial charge in [-0.15, -0.1) is 0 Å². The van der Waals surface area contributed by atoms with Crippen LogP contribution in [-0.4, -0.2) is 62.0 Å². The van der Waals surface area contributed by atoms with Crippen LogP contribution < -0.4 is 0 Å². The molecule has 0 spiro atoms. The van der Waals surface area contributed by atoms with Gasteiger partial charge in [0.1, 0.15) is 10.8 Å². The zero-order valence-corrected chi connectivity index (χ0v) is 13.2. The number of carbonyl (C=O) groups is 1. The Labute approximate surface area is 129 Å². The second-order valence-electron chi connectivity index (χ2n) is 4.89. The fraction of sp³-hybridized carbons (Fsp3) is 0.538. The molecule has 1 unspecified atom stereocenters. The zero-order chi connectivity index (χ0) is 15.5. The highest BCUT2D eigenvalue weighted by Gasteiger charge is 2.35. The van der Waals surface area contributed by atoms with Crippen LogP contribution in [0.3, 0.4) is 0 Å². The number of sulfone groups is 1. The van der Waals surface area contributed by atoms with Gasteiger partial charge in [-0.2, -0.15) is 0 Å². The number of methoxy groups -OCH3 is 1. The molecule has 1 aromatic heterocycles. The third kappa shape index (κ3) is 4.15. The van der Waals surface area contributed by atoms with E-state index < -0.39 is 9.84 Å². The number of ether oxygens (including phenoxy) is 1. The molecule has 0 saturated carbocycles. The van der Waals surface area contributed by atoms with Gasteiger partial charge in [0.05, 0.1) is 18.1 Å². The van der Waals surface area contributed by atoms with Gasteiger partial charge < -0.3 is 9.64 Å². The maximum absolute atomic E-state index is 12.6. The number of hydrogen-bond donors (Lipinski definition) is 0. The summed E-state index contributed by atoms with van der Waals surface area (Å²) >= 11 is 5.80. The van der Waals surface area contributed by atoms with E-state index in [1.165, 1.54) is 12.0 Å². The number of aromatic nitrogens is 1. The molecule has 1 fully saturated rings. The summed E-state index contributed by atoms with van der Waals surface area (Å²) in [4.78, 5) is 18.1. The highest BCUT2D eigenvalue weighted by atomic mass is 35.5. The molecule has 21 heavy (non-hydrogen) atoms. The Morgan fingerprint density at radius 2 is 2.29 bits per heavy atom. The Hall–Kier alpha value is -1.18. The molecule has 1 atom stereocenters. The van der Waals surface area contributed by atoms with Gasteiger partial charge in [0, 0.05) is 19.7 Å². The highest BCUT2D eigenvalue weighted by molar-refractivity contribution is 7.91. The van der Waals surface area contributed by atoms with Crippen LogP contribution in [0.1, 0.15) is 16.9 Å². The first kappa shape index (κ1) is 16.2. The molecule has 6 nitrogen and oxygen atoms in total. The second kappa shape index (κ2) is 6.72. The lowest BCUT2D eigenvalue weighted by Gasteiger charge is -2.27. The lowest BCUT2D eigenvalue weighted by atomic mass is 10.2. The molecule has 8 heteroatoms. The van der Waals surface area contributed by atoms with E-state index in [-0.39, 0.29) is 34.3 Å². The molecule has 0 bridgehead atoms. The van der Waals surface area contributed by atoms with Crippen molar-refractivity contribution in [1.82, 2.24) is 9.88 Å². The van der Waals surface area contributed by atoms with Gasteiger partial charge in [0.15, 0.2) is 9.84 Å². The zero-order valence-electron chi connectivity index (χ0n) is 11.7. The summed E-state index contributed by atoms with van der Waals surface area (Å²) < 4.78 is 28.3. The van der Waals surface area contributed by atoms with Gasteiger partial charge >= 0.3 is 0 Å². The quantitative estimate of drug-likeness (QED) is 0.752. The van der Waals surface area contributed by atoms with Crippen molar-refractivity contribution in [3.63, 3.8) is 0 Å². The van der Waals surface area contributed by atoms with Crippen molar-refractivity contribution in [2.75, 3.05) is 31.8 Å².